The molecular formula is C17H23ClFN3O. The highest BCUT2D eigenvalue weighted by Crippen LogP contribution is 2.21. The Balaban J connectivity index is 2.83. The fourth-order valence-electron chi connectivity index (χ4n) is 1.93. The molecule has 0 saturated carbocycles. The number of likely N-dealkylation sites (N-methyl/N-ethyl adjacent to an activating group) is 1. The van der Waals surface area contributed by atoms with Crippen molar-refractivity contribution < 1.29 is 9.18 Å². The Morgan fingerprint density at radius 3 is 2.57 bits per heavy atom. The quantitative estimate of drug-likeness (QED) is 0.864. The predicted octanol–water partition coefficient (Wildman–Crippen LogP) is 3.35. The lowest BCUT2D eigenvalue weighted by molar-refractivity contribution is -0.127. The van der Waals surface area contributed by atoms with E-state index in [9.17, 15) is 14.4 Å². The molecule has 0 saturated heterocycles. The Kier molecular flexibility index (Phi) is 6.55. The Morgan fingerprint density at radius 2 is 2.09 bits per heavy atom. The fourth-order valence-corrected chi connectivity index (χ4v) is 2.15. The highest BCUT2D eigenvalue weighted by atomic mass is 35.5. The third kappa shape index (κ3) is 4.66. The first-order valence-corrected chi connectivity index (χ1v) is 7.86. The average Bonchev–Trinajstić information content (AvgIpc) is 2.49. The first-order valence-electron chi connectivity index (χ1n) is 7.48. The molecule has 2 unspecified atom stereocenters. The normalized spacial score (nSPS) is 15.1. The first-order chi connectivity index (χ1) is 10.6. The molecule has 126 valence electrons. The van der Waals surface area contributed by atoms with E-state index in [2.05, 4.69) is 11.4 Å². The molecule has 0 bridgehead atoms. The van der Waals surface area contributed by atoms with E-state index in [0.717, 1.165) is 0 Å². The van der Waals surface area contributed by atoms with Gasteiger partial charge in [0.2, 0.25) is 5.91 Å². The van der Waals surface area contributed by atoms with Gasteiger partial charge in [0.15, 0.2) is 0 Å². The number of nitriles is 1. The van der Waals surface area contributed by atoms with Crippen LogP contribution in [0.2, 0.25) is 5.02 Å². The van der Waals surface area contributed by atoms with Crippen LogP contribution in [0.4, 0.5) is 4.39 Å². The lowest BCUT2D eigenvalue weighted by Gasteiger charge is -2.31. The number of rotatable bonds is 6. The van der Waals surface area contributed by atoms with Crippen molar-refractivity contribution in [3.8, 4) is 6.07 Å². The summed E-state index contributed by atoms with van der Waals surface area (Å²) in [5.41, 5.74) is -0.592. The predicted molar refractivity (Wildman–Crippen MR) is 89.3 cm³/mol. The van der Waals surface area contributed by atoms with Crippen LogP contribution in [0.25, 0.3) is 0 Å². The van der Waals surface area contributed by atoms with E-state index in [1.807, 2.05) is 13.8 Å². The molecule has 0 aliphatic carbocycles. The molecular weight excluding hydrogens is 317 g/mol. The van der Waals surface area contributed by atoms with E-state index in [0.29, 0.717) is 10.6 Å². The molecule has 0 aromatic heterocycles. The zero-order chi connectivity index (χ0) is 17.8. The van der Waals surface area contributed by atoms with Gasteiger partial charge in [0.25, 0.3) is 0 Å². The number of nitrogens with zero attached hydrogens (tertiary/aromatic N) is 2. The molecule has 1 rings (SSSR count). The summed E-state index contributed by atoms with van der Waals surface area (Å²) >= 11 is 6.02. The van der Waals surface area contributed by atoms with Gasteiger partial charge in [-0.1, -0.05) is 31.5 Å². The van der Waals surface area contributed by atoms with E-state index in [-0.39, 0.29) is 18.4 Å². The number of hydrogen-bond donors (Lipinski definition) is 1. The number of hydrogen-bond acceptors (Lipinski definition) is 3. The van der Waals surface area contributed by atoms with Crippen molar-refractivity contribution in [2.24, 2.45) is 5.92 Å². The van der Waals surface area contributed by atoms with Crippen LogP contribution in [-0.2, 0) is 11.3 Å². The first kappa shape index (κ1) is 19.4. The van der Waals surface area contributed by atoms with Crippen LogP contribution in [0.15, 0.2) is 18.2 Å². The molecule has 4 nitrogen and oxygen atoms in total. The molecule has 0 aliphatic rings. The van der Waals surface area contributed by atoms with Gasteiger partial charge in [-0.05, 0) is 38.9 Å². The molecule has 23 heavy (non-hydrogen) atoms. The van der Waals surface area contributed by atoms with Crippen molar-refractivity contribution in [1.29, 1.82) is 5.26 Å². The zero-order valence-corrected chi connectivity index (χ0v) is 14.9. The standard InChI is InChI=1S/C17H23ClFN3O/c1-11(2)17(4,10-20)21-16(23)12(3)22(5)9-13-14(18)7-6-8-15(13)19/h6-8,11-12H,9H2,1-5H3,(H,21,23). The van der Waals surface area contributed by atoms with Gasteiger partial charge in [-0.15, -0.1) is 0 Å². The zero-order valence-electron chi connectivity index (χ0n) is 14.2. The minimum absolute atomic E-state index is 0.0324. The molecule has 0 fully saturated rings. The molecule has 0 aliphatic heterocycles. The summed E-state index contributed by atoms with van der Waals surface area (Å²) in [4.78, 5) is 14.1. The van der Waals surface area contributed by atoms with E-state index >= 15 is 0 Å². The summed E-state index contributed by atoms with van der Waals surface area (Å²) in [5.74, 6) is -0.714. The molecule has 0 radical (unpaired) electrons. The number of amides is 1. The smallest absolute Gasteiger partial charge is 0.238 e. The summed E-state index contributed by atoms with van der Waals surface area (Å²) < 4.78 is 13.9. The second kappa shape index (κ2) is 7.76. The Labute approximate surface area is 142 Å². The van der Waals surface area contributed by atoms with E-state index in [1.165, 1.54) is 12.1 Å². The van der Waals surface area contributed by atoms with Gasteiger partial charge in [0, 0.05) is 17.1 Å². The Hall–Kier alpha value is -1.64. The van der Waals surface area contributed by atoms with Crippen LogP contribution in [0, 0.1) is 23.1 Å². The number of nitrogens with one attached hydrogen (secondary N) is 1. The maximum absolute atomic E-state index is 13.9. The Morgan fingerprint density at radius 1 is 1.48 bits per heavy atom. The van der Waals surface area contributed by atoms with Crippen LogP contribution >= 0.6 is 11.6 Å². The summed E-state index contributed by atoms with van der Waals surface area (Å²) in [6.45, 7) is 7.34. The average molecular weight is 340 g/mol. The minimum atomic E-state index is -0.943. The van der Waals surface area contributed by atoms with Crippen LogP contribution in [0.1, 0.15) is 33.3 Å². The second-order valence-electron chi connectivity index (χ2n) is 6.25. The van der Waals surface area contributed by atoms with Gasteiger partial charge in [0.05, 0.1) is 12.1 Å². The van der Waals surface area contributed by atoms with Gasteiger partial charge in [-0.3, -0.25) is 9.69 Å². The number of carbonyl (C=O) groups excluding carboxylic acids is 1. The summed E-state index contributed by atoms with van der Waals surface area (Å²) in [6.07, 6.45) is 0. The maximum Gasteiger partial charge on any atom is 0.238 e. The third-order valence-electron chi connectivity index (χ3n) is 4.28. The minimum Gasteiger partial charge on any atom is -0.336 e. The highest BCUT2D eigenvalue weighted by molar-refractivity contribution is 6.31. The molecule has 0 spiro atoms. The van der Waals surface area contributed by atoms with Gasteiger partial charge in [0.1, 0.15) is 11.4 Å². The highest BCUT2D eigenvalue weighted by Gasteiger charge is 2.32. The molecule has 1 aromatic carbocycles. The topological polar surface area (TPSA) is 56.1 Å². The molecule has 6 heteroatoms. The summed E-state index contributed by atoms with van der Waals surface area (Å²) in [5, 5.41) is 12.4. The largest absolute Gasteiger partial charge is 0.336 e. The van der Waals surface area contributed by atoms with Gasteiger partial charge >= 0.3 is 0 Å². The Bertz CT molecular complexity index is 594. The third-order valence-corrected chi connectivity index (χ3v) is 4.63. The lowest BCUT2D eigenvalue weighted by Crippen LogP contribution is -2.54. The van der Waals surface area contributed by atoms with Crippen LogP contribution in [0.3, 0.4) is 0 Å². The van der Waals surface area contributed by atoms with E-state index < -0.39 is 17.4 Å². The van der Waals surface area contributed by atoms with Gasteiger partial charge < -0.3 is 5.32 Å². The van der Waals surface area contributed by atoms with Crippen LogP contribution in [-0.4, -0.2) is 29.4 Å². The van der Waals surface area contributed by atoms with E-state index in [1.54, 1.807) is 31.9 Å². The number of benzene rings is 1. The fraction of sp³-hybridized carbons (Fsp3) is 0.529. The van der Waals surface area contributed by atoms with Crippen molar-refractivity contribution in [2.75, 3.05) is 7.05 Å². The summed E-state index contributed by atoms with van der Waals surface area (Å²) in [6, 6.07) is 6.10. The summed E-state index contributed by atoms with van der Waals surface area (Å²) in [7, 11) is 1.71. The van der Waals surface area contributed by atoms with Crippen LogP contribution < -0.4 is 5.32 Å². The van der Waals surface area contributed by atoms with Gasteiger partial charge in [-0.2, -0.15) is 5.26 Å². The maximum atomic E-state index is 13.9. The van der Waals surface area contributed by atoms with Crippen molar-refractivity contribution >= 4 is 17.5 Å². The number of carbonyl (C=O) groups is 1. The monoisotopic (exact) mass is 339 g/mol. The second-order valence-corrected chi connectivity index (χ2v) is 6.66. The van der Waals surface area contributed by atoms with Crippen LogP contribution in [0.5, 0.6) is 0 Å². The SMILES string of the molecule is CC(C(=O)NC(C)(C#N)C(C)C)N(C)Cc1c(F)cccc1Cl. The number of halogens is 2. The molecule has 0 heterocycles. The molecule has 1 amide bonds. The van der Waals surface area contributed by atoms with Crippen molar-refractivity contribution in [1.82, 2.24) is 10.2 Å². The lowest BCUT2D eigenvalue weighted by atomic mass is 9.90. The van der Waals surface area contributed by atoms with Crippen molar-refractivity contribution in [2.45, 2.75) is 45.8 Å². The molecule has 1 N–H and O–H groups in total. The molecule has 1 aromatic rings. The van der Waals surface area contributed by atoms with Crippen molar-refractivity contribution in [3.63, 3.8) is 0 Å². The molecule has 2 atom stereocenters. The van der Waals surface area contributed by atoms with Gasteiger partial charge in [-0.25, -0.2) is 4.39 Å². The van der Waals surface area contributed by atoms with E-state index in [4.69, 9.17) is 11.6 Å². The van der Waals surface area contributed by atoms with Crippen molar-refractivity contribution in [3.05, 3.63) is 34.6 Å².